The molecular weight excluding hydrogens is 356 g/mol. The van der Waals surface area contributed by atoms with Crippen LogP contribution < -0.4 is 10.0 Å². The van der Waals surface area contributed by atoms with E-state index >= 15 is 0 Å². The molecule has 1 aliphatic heterocycles. The Morgan fingerprint density at radius 1 is 1.27 bits per heavy atom. The Morgan fingerprint density at radius 2 is 1.92 bits per heavy atom. The van der Waals surface area contributed by atoms with Crippen molar-refractivity contribution >= 4 is 27.6 Å². The van der Waals surface area contributed by atoms with Crippen LogP contribution >= 0.6 is 0 Å². The number of amides is 1. The Hall–Kier alpha value is -1.93. The maximum Gasteiger partial charge on any atom is 0.306 e. The highest BCUT2D eigenvalue weighted by Gasteiger charge is 2.39. The predicted molar refractivity (Wildman–Crippen MR) is 96.4 cm³/mol. The van der Waals surface area contributed by atoms with Crippen LogP contribution in [-0.2, 0) is 25.0 Å². The number of aliphatic carboxylic acids is 1. The first-order valence-electron chi connectivity index (χ1n) is 8.79. The van der Waals surface area contributed by atoms with E-state index in [2.05, 4.69) is 10.0 Å². The van der Waals surface area contributed by atoms with Gasteiger partial charge in [0.15, 0.2) is 0 Å². The first kappa shape index (κ1) is 18.8. The van der Waals surface area contributed by atoms with E-state index in [1.54, 1.807) is 26.0 Å². The van der Waals surface area contributed by atoms with Gasteiger partial charge in [0.05, 0.1) is 16.2 Å². The lowest BCUT2D eigenvalue weighted by atomic mass is 9.82. The summed E-state index contributed by atoms with van der Waals surface area (Å²) in [4.78, 5) is 23.1. The molecule has 26 heavy (non-hydrogen) atoms. The average molecular weight is 380 g/mol. The fraction of sp³-hybridized carbons (Fsp3) is 0.556. The molecule has 1 aliphatic carbocycles. The number of nitrogens with one attached hydrogen (secondary N) is 2. The number of fused-ring (bicyclic) bond motifs is 1. The zero-order valence-electron chi connectivity index (χ0n) is 14.9. The number of benzene rings is 1. The van der Waals surface area contributed by atoms with Crippen molar-refractivity contribution in [3.05, 3.63) is 23.8 Å². The first-order chi connectivity index (χ1) is 12.1. The Morgan fingerprint density at radius 3 is 2.54 bits per heavy atom. The minimum Gasteiger partial charge on any atom is -0.481 e. The molecule has 7 nitrogen and oxygen atoms in total. The fourth-order valence-electron chi connectivity index (χ4n) is 3.64. The van der Waals surface area contributed by atoms with Gasteiger partial charge in [0.2, 0.25) is 15.9 Å². The van der Waals surface area contributed by atoms with Crippen LogP contribution in [0.4, 0.5) is 5.69 Å². The van der Waals surface area contributed by atoms with E-state index in [0.29, 0.717) is 43.5 Å². The molecule has 0 saturated heterocycles. The molecule has 0 spiro atoms. The van der Waals surface area contributed by atoms with Gasteiger partial charge in [0.1, 0.15) is 0 Å². The van der Waals surface area contributed by atoms with Crippen molar-refractivity contribution < 1.29 is 23.1 Å². The normalized spacial score (nSPS) is 24.8. The molecule has 1 saturated carbocycles. The minimum atomic E-state index is -3.68. The van der Waals surface area contributed by atoms with Gasteiger partial charge in [-0.15, -0.1) is 0 Å². The lowest BCUT2D eigenvalue weighted by molar-refractivity contribution is -0.143. The summed E-state index contributed by atoms with van der Waals surface area (Å²) in [7, 11) is -3.68. The summed E-state index contributed by atoms with van der Waals surface area (Å²) in [5.41, 5.74) is 0.550. The highest BCUT2D eigenvalue weighted by atomic mass is 32.2. The number of sulfonamides is 1. The maximum atomic E-state index is 12.6. The van der Waals surface area contributed by atoms with Crippen molar-refractivity contribution in [1.82, 2.24) is 4.72 Å². The molecule has 1 amide bonds. The lowest BCUT2D eigenvalue weighted by Crippen LogP contribution is -2.32. The van der Waals surface area contributed by atoms with Crippen molar-refractivity contribution in [2.24, 2.45) is 11.8 Å². The molecule has 3 N–H and O–H groups in total. The molecule has 0 aromatic heterocycles. The number of carboxylic acids is 1. The van der Waals surface area contributed by atoms with Crippen LogP contribution in [0.3, 0.4) is 0 Å². The van der Waals surface area contributed by atoms with Crippen LogP contribution in [-0.4, -0.2) is 31.9 Å². The summed E-state index contributed by atoms with van der Waals surface area (Å²) in [6.45, 7) is 3.82. The number of rotatable bonds is 5. The van der Waals surface area contributed by atoms with E-state index in [-0.39, 0.29) is 22.6 Å². The molecule has 142 valence electrons. The largest absolute Gasteiger partial charge is 0.481 e. The van der Waals surface area contributed by atoms with Crippen molar-refractivity contribution in [2.45, 2.75) is 49.8 Å². The molecule has 1 fully saturated rings. The third-order valence-electron chi connectivity index (χ3n) is 5.55. The van der Waals surface area contributed by atoms with Gasteiger partial charge in [0, 0.05) is 12.2 Å². The second-order valence-electron chi connectivity index (χ2n) is 7.69. The van der Waals surface area contributed by atoms with Crippen LogP contribution in [0.15, 0.2) is 23.1 Å². The van der Waals surface area contributed by atoms with Gasteiger partial charge in [-0.05, 0) is 69.2 Å². The highest BCUT2D eigenvalue weighted by Crippen LogP contribution is 2.38. The number of hydrogen-bond donors (Lipinski definition) is 3. The first-order valence-corrected chi connectivity index (χ1v) is 10.3. The Labute approximate surface area is 153 Å². The van der Waals surface area contributed by atoms with E-state index in [0.717, 1.165) is 0 Å². The van der Waals surface area contributed by atoms with Crippen LogP contribution in [0.25, 0.3) is 0 Å². The molecule has 1 heterocycles. The van der Waals surface area contributed by atoms with Gasteiger partial charge >= 0.3 is 5.97 Å². The second-order valence-corrected chi connectivity index (χ2v) is 9.46. The molecular formula is C18H24N2O5S. The van der Waals surface area contributed by atoms with Gasteiger partial charge in [-0.25, -0.2) is 13.1 Å². The zero-order valence-corrected chi connectivity index (χ0v) is 15.7. The standard InChI is InChI=1S/C18H24N2O5S/c1-18(2)14-9-13(7-8-15(14)20-17(18)23)26(24,25)19-10-11-3-5-12(6-4-11)16(21)22/h7-9,11-12,19H,3-6,10H2,1-2H3,(H,20,23)(H,21,22). The maximum absolute atomic E-state index is 12.6. The molecule has 0 bridgehead atoms. The van der Waals surface area contributed by atoms with Gasteiger partial charge in [-0.1, -0.05) is 0 Å². The Kier molecular flexibility index (Phi) is 4.83. The van der Waals surface area contributed by atoms with Crippen molar-refractivity contribution in [3.63, 3.8) is 0 Å². The van der Waals surface area contributed by atoms with Crippen molar-refractivity contribution in [1.29, 1.82) is 0 Å². The summed E-state index contributed by atoms with van der Waals surface area (Å²) >= 11 is 0. The van der Waals surface area contributed by atoms with Crippen LogP contribution in [0.5, 0.6) is 0 Å². The van der Waals surface area contributed by atoms with Crippen molar-refractivity contribution in [2.75, 3.05) is 11.9 Å². The number of carbonyl (C=O) groups excluding carboxylic acids is 1. The Bertz CT molecular complexity index is 839. The highest BCUT2D eigenvalue weighted by molar-refractivity contribution is 7.89. The molecule has 0 atom stereocenters. The number of carboxylic acid groups (broad SMARTS) is 1. The third kappa shape index (κ3) is 3.48. The SMILES string of the molecule is CC1(C)C(=O)Nc2ccc(S(=O)(=O)NCC3CCC(C(=O)O)CC3)cc21. The van der Waals surface area contributed by atoms with E-state index in [1.807, 2.05) is 0 Å². The topological polar surface area (TPSA) is 113 Å². The average Bonchev–Trinajstić information content (AvgIpc) is 2.82. The minimum absolute atomic E-state index is 0.139. The molecule has 0 radical (unpaired) electrons. The second kappa shape index (κ2) is 6.66. The number of anilines is 1. The summed E-state index contributed by atoms with van der Waals surface area (Å²) in [5.74, 6) is -1.08. The molecule has 0 unspecified atom stereocenters. The van der Waals surface area contributed by atoms with E-state index in [1.165, 1.54) is 6.07 Å². The van der Waals surface area contributed by atoms with Crippen LogP contribution in [0, 0.1) is 11.8 Å². The predicted octanol–water partition coefficient (Wildman–Crippen LogP) is 2.09. The number of hydrogen-bond acceptors (Lipinski definition) is 4. The summed E-state index contributed by atoms with van der Waals surface area (Å²) in [6, 6.07) is 4.66. The smallest absolute Gasteiger partial charge is 0.306 e. The molecule has 2 aliphatic rings. The van der Waals surface area contributed by atoms with Gasteiger partial charge in [-0.3, -0.25) is 9.59 Å². The summed E-state index contributed by atoms with van der Waals surface area (Å²) in [6.07, 6.45) is 2.58. The zero-order chi connectivity index (χ0) is 19.1. The van der Waals surface area contributed by atoms with Gasteiger partial charge in [0.25, 0.3) is 0 Å². The van der Waals surface area contributed by atoms with Crippen LogP contribution in [0.2, 0.25) is 0 Å². The van der Waals surface area contributed by atoms with E-state index in [4.69, 9.17) is 5.11 Å². The lowest BCUT2D eigenvalue weighted by Gasteiger charge is -2.26. The molecule has 3 rings (SSSR count). The molecule has 1 aromatic rings. The van der Waals surface area contributed by atoms with Crippen molar-refractivity contribution in [3.8, 4) is 0 Å². The van der Waals surface area contributed by atoms with Crippen LogP contribution in [0.1, 0.15) is 45.1 Å². The number of carbonyl (C=O) groups is 2. The van der Waals surface area contributed by atoms with Gasteiger partial charge < -0.3 is 10.4 Å². The summed E-state index contributed by atoms with van der Waals surface area (Å²) < 4.78 is 27.9. The van der Waals surface area contributed by atoms with E-state index in [9.17, 15) is 18.0 Å². The Balaban J connectivity index is 1.68. The quantitative estimate of drug-likeness (QED) is 0.724. The molecule has 1 aromatic carbocycles. The van der Waals surface area contributed by atoms with Gasteiger partial charge in [-0.2, -0.15) is 0 Å². The third-order valence-corrected chi connectivity index (χ3v) is 6.97. The van der Waals surface area contributed by atoms with E-state index < -0.39 is 21.4 Å². The molecule has 8 heteroatoms. The fourth-order valence-corrected chi connectivity index (χ4v) is 4.78. The monoisotopic (exact) mass is 380 g/mol. The summed E-state index contributed by atoms with van der Waals surface area (Å²) in [5, 5.41) is 11.8.